The number of carbonyl (C=O) groups is 2. The van der Waals surface area contributed by atoms with Gasteiger partial charge in [0.15, 0.2) is 0 Å². The summed E-state index contributed by atoms with van der Waals surface area (Å²) in [4.78, 5) is 33.7. The minimum atomic E-state index is -1.43. The lowest BCUT2D eigenvalue weighted by Crippen LogP contribution is -2.44. The number of carboxylic acid groups (broad SMARTS) is 1. The Kier molecular flexibility index (Phi) is 9.44. The Morgan fingerprint density at radius 1 is 1.27 bits per heavy atom. The molecule has 0 bridgehead atoms. The number of likely N-dealkylation sites (tertiary alicyclic amines) is 1. The summed E-state index contributed by atoms with van der Waals surface area (Å²) < 4.78 is 0. The summed E-state index contributed by atoms with van der Waals surface area (Å²) in [5.74, 6) is -2.03. The van der Waals surface area contributed by atoms with Crippen LogP contribution in [0.3, 0.4) is 0 Å². The first kappa shape index (κ1) is 29.1. The third kappa shape index (κ3) is 7.00. The van der Waals surface area contributed by atoms with E-state index in [0.29, 0.717) is 31.4 Å². The molecular formula is C26H27Cl2N7O5. The summed E-state index contributed by atoms with van der Waals surface area (Å²) in [7, 11) is 0. The van der Waals surface area contributed by atoms with Crippen LogP contribution in [-0.4, -0.2) is 80.0 Å². The van der Waals surface area contributed by atoms with E-state index in [1.807, 2.05) is 18.2 Å². The molecule has 1 amide bonds. The largest absolute Gasteiger partial charge is 0.480 e. The van der Waals surface area contributed by atoms with Crippen LogP contribution in [0.1, 0.15) is 40.4 Å². The highest BCUT2D eigenvalue weighted by atomic mass is 35.5. The average Bonchev–Trinajstić information content (AvgIpc) is 3.56. The fourth-order valence-corrected chi connectivity index (χ4v) is 5.11. The van der Waals surface area contributed by atoms with Gasteiger partial charge in [0.05, 0.1) is 46.1 Å². The molecule has 2 aromatic carbocycles. The summed E-state index contributed by atoms with van der Waals surface area (Å²) in [5, 5.41) is 40.3. The highest BCUT2D eigenvalue weighted by Gasteiger charge is 2.27. The molecule has 1 fully saturated rings. The van der Waals surface area contributed by atoms with Crippen LogP contribution < -0.4 is 10.7 Å². The minimum Gasteiger partial charge on any atom is -0.480 e. The number of carbonyl (C=O) groups excluding carboxylic acids is 1. The summed E-state index contributed by atoms with van der Waals surface area (Å²) >= 11 is 12.8. The number of nitrogens with zero attached hydrogens (tertiary/aromatic N) is 4. The minimum absolute atomic E-state index is 0.0300. The molecule has 1 aromatic heterocycles. The zero-order chi connectivity index (χ0) is 28.8. The van der Waals surface area contributed by atoms with Crippen molar-refractivity contribution in [2.24, 2.45) is 4.99 Å². The number of guanidine groups is 1. The molecule has 14 heteroatoms. The van der Waals surface area contributed by atoms with Gasteiger partial charge in [0.2, 0.25) is 0 Å². The molecule has 1 aliphatic rings. The van der Waals surface area contributed by atoms with Gasteiger partial charge in [0.25, 0.3) is 11.9 Å². The number of fused-ring (bicyclic) bond motifs is 1. The van der Waals surface area contributed by atoms with E-state index in [-0.39, 0.29) is 34.7 Å². The maximum absolute atomic E-state index is 13.0. The Morgan fingerprint density at radius 2 is 2.02 bits per heavy atom. The van der Waals surface area contributed by atoms with E-state index in [1.165, 1.54) is 0 Å². The number of nitrogens with one attached hydrogen (secondary N) is 3. The third-order valence-corrected chi connectivity index (χ3v) is 7.13. The van der Waals surface area contributed by atoms with Crippen molar-refractivity contribution in [3.8, 4) is 0 Å². The molecule has 12 nitrogen and oxygen atoms in total. The van der Waals surface area contributed by atoms with Crippen molar-refractivity contribution >= 4 is 51.9 Å². The predicted octanol–water partition coefficient (Wildman–Crippen LogP) is 2.57. The van der Waals surface area contributed by atoms with Gasteiger partial charge in [-0.3, -0.25) is 9.89 Å². The summed E-state index contributed by atoms with van der Waals surface area (Å²) in [6.07, 6.45) is 1.64. The zero-order valence-electron chi connectivity index (χ0n) is 21.1. The standard InChI is InChI=1S/C26H27Cl2N7O5/c1-29-34-26(35-7-6-17(36)13-35)30-12-21(25(39)40)32-24(38)23-18(27)8-14(9-19(23)28)2-5-22(37)15-3-4-16-11-31-33-20(16)10-15/h3-4,8-11,17,21-22,36-37H,2,5-7,12-13H2,(H,30,34)(H,31,33)(H,32,38)(H,39,40)/t17-,21-,22?/m0/s1. The van der Waals surface area contributed by atoms with Crippen molar-refractivity contribution in [3.63, 3.8) is 0 Å². The van der Waals surface area contributed by atoms with Crippen LogP contribution >= 0.6 is 23.2 Å². The molecule has 1 aliphatic heterocycles. The fraction of sp³-hybridized carbons (Fsp3) is 0.346. The highest BCUT2D eigenvalue weighted by Crippen LogP contribution is 2.29. The molecule has 0 saturated carbocycles. The number of rotatable bonds is 9. The van der Waals surface area contributed by atoms with Crippen LogP contribution in [0.15, 0.2) is 41.5 Å². The molecule has 3 aromatic rings. The van der Waals surface area contributed by atoms with Crippen LogP contribution in [0.4, 0.5) is 0 Å². The molecule has 3 atom stereocenters. The molecule has 4 rings (SSSR count). The van der Waals surface area contributed by atoms with Crippen LogP contribution in [0.2, 0.25) is 10.0 Å². The van der Waals surface area contributed by atoms with E-state index >= 15 is 0 Å². The number of aromatic amines is 1. The van der Waals surface area contributed by atoms with Crippen LogP contribution in [0, 0.1) is 6.57 Å². The molecule has 0 radical (unpaired) electrons. The normalized spacial score (nSPS) is 16.9. The van der Waals surface area contributed by atoms with Gasteiger partial charge < -0.3 is 25.5 Å². The first-order chi connectivity index (χ1) is 19.2. The van der Waals surface area contributed by atoms with E-state index in [0.717, 1.165) is 16.5 Å². The van der Waals surface area contributed by atoms with E-state index in [1.54, 1.807) is 23.2 Å². The lowest BCUT2D eigenvalue weighted by molar-refractivity contribution is -0.138. The molecule has 6 N–H and O–H groups in total. The molecule has 0 spiro atoms. The number of aromatic nitrogens is 2. The molecule has 2 heterocycles. The molecule has 210 valence electrons. The first-order valence-corrected chi connectivity index (χ1v) is 13.1. The number of aliphatic hydroxyl groups excluding tert-OH is 2. The maximum Gasteiger partial charge on any atom is 0.328 e. The molecule has 1 unspecified atom stereocenters. The second-order valence-electron chi connectivity index (χ2n) is 9.35. The number of halogens is 2. The second kappa shape index (κ2) is 13.0. The van der Waals surface area contributed by atoms with E-state index in [9.17, 15) is 24.9 Å². The topological polar surface area (TPSA) is 168 Å². The number of β-amino-alcohol motifs (C(OH)–C–C–N with tert-alkyl or cyclic N) is 1. The van der Waals surface area contributed by atoms with Crippen molar-refractivity contribution in [2.75, 3.05) is 19.6 Å². The van der Waals surface area contributed by atoms with Gasteiger partial charge in [-0.25, -0.2) is 9.79 Å². The zero-order valence-corrected chi connectivity index (χ0v) is 22.7. The smallest absolute Gasteiger partial charge is 0.328 e. The van der Waals surface area contributed by atoms with Gasteiger partial charge in [-0.05, 0) is 48.6 Å². The van der Waals surface area contributed by atoms with Crippen molar-refractivity contribution in [2.45, 2.75) is 37.5 Å². The van der Waals surface area contributed by atoms with Gasteiger partial charge in [0, 0.05) is 18.5 Å². The van der Waals surface area contributed by atoms with Gasteiger partial charge in [-0.15, -0.1) is 0 Å². The summed E-state index contributed by atoms with van der Waals surface area (Å²) in [6, 6.07) is 7.20. The van der Waals surface area contributed by atoms with Crippen molar-refractivity contribution in [1.29, 1.82) is 0 Å². The molecule has 40 heavy (non-hydrogen) atoms. The van der Waals surface area contributed by atoms with E-state index in [4.69, 9.17) is 29.8 Å². The number of aliphatic imine (C=N–C) groups is 1. The molecule has 0 aliphatic carbocycles. The monoisotopic (exact) mass is 587 g/mol. The molecule has 1 saturated heterocycles. The number of amides is 1. The van der Waals surface area contributed by atoms with E-state index < -0.39 is 30.1 Å². The van der Waals surface area contributed by atoms with Gasteiger partial charge >= 0.3 is 5.97 Å². The Hall–Kier alpha value is -3.89. The first-order valence-electron chi connectivity index (χ1n) is 12.4. The quantitative estimate of drug-likeness (QED) is 0.0960. The Balaban J connectivity index is 1.41. The SMILES string of the molecule is [C-]#[N+]NC(=NC[C@H](NC(=O)c1c(Cl)cc(CCC(O)c2ccc3cn[nH]c3c2)cc1Cl)C(=O)O)N1CC[C@H](O)C1. The number of aliphatic hydroxyl groups is 2. The Labute approximate surface area is 239 Å². The number of carboxylic acids is 1. The Bertz CT molecular complexity index is 1450. The van der Waals surface area contributed by atoms with Gasteiger partial charge in [-0.1, -0.05) is 40.8 Å². The predicted molar refractivity (Wildman–Crippen MR) is 149 cm³/mol. The fourth-order valence-electron chi connectivity index (χ4n) is 4.40. The Morgan fingerprint density at radius 3 is 2.67 bits per heavy atom. The van der Waals surface area contributed by atoms with Crippen LogP contribution in [0.25, 0.3) is 15.9 Å². The van der Waals surface area contributed by atoms with Crippen molar-refractivity contribution in [1.82, 2.24) is 25.8 Å². The molecular weight excluding hydrogens is 561 g/mol. The average molecular weight is 588 g/mol. The van der Waals surface area contributed by atoms with Gasteiger partial charge in [0.1, 0.15) is 6.04 Å². The van der Waals surface area contributed by atoms with E-state index in [2.05, 4.69) is 30.9 Å². The lowest BCUT2D eigenvalue weighted by atomic mass is 9.99. The summed E-state index contributed by atoms with van der Waals surface area (Å²) in [6.45, 7) is 7.36. The number of aryl methyl sites for hydroxylation is 1. The summed E-state index contributed by atoms with van der Waals surface area (Å²) in [5.41, 5.74) is 4.52. The van der Waals surface area contributed by atoms with Gasteiger partial charge in [-0.2, -0.15) is 16.6 Å². The number of benzene rings is 2. The number of hydrogen-bond acceptors (Lipinski definition) is 6. The highest BCUT2D eigenvalue weighted by molar-refractivity contribution is 6.39. The number of H-pyrrole nitrogens is 1. The third-order valence-electron chi connectivity index (χ3n) is 6.53. The number of hydrogen-bond donors (Lipinski definition) is 6. The maximum atomic E-state index is 13.0. The van der Waals surface area contributed by atoms with Crippen molar-refractivity contribution in [3.05, 3.63) is 74.8 Å². The lowest BCUT2D eigenvalue weighted by Gasteiger charge is -2.18. The van der Waals surface area contributed by atoms with Crippen LogP contribution in [0.5, 0.6) is 0 Å². The van der Waals surface area contributed by atoms with Crippen LogP contribution in [-0.2, 0) is 11.2 Å². The second-order valence-corrected chi connectivity index (χ2v) is 10.2. The van der Waals surface area contributed by atoms with Crippen molar-refractivity contribution < 1.29 is 24.9 Å². The number of aliphatic carboxylic acids is 1.